The third-order valence-electron chi connectivity index (χ3n) is 4.81. The smallest absolute Gasteiger partial charge is 0.328 e. The van der Waals surface area contributed by atoms with Crippen LogP contribution in [-0.2, 0) is 18.9 Å². The molecule has 1 unspecified atom stereocenters. The number of ether oxygens (including phenoxy) is 1. The highest BCUT2D eigenvalue weighted by Crippen LogP contribution is 2.37. The van der Waals surface area contributed by atoms with Crippen molar-refractivity contribution in [1.29, 1.82) is 0 Å². The van der Waals surface area contributed by atoms with Gasteiger partial charge in [-0.15, -0.1) is 0 Å². The molecule has 0 radical (unpaired) electrons. The Labute approximate surface area is 142 Å². The van der Waals surface area contributed by atoms with Gasteiger partial charge in [-0.3, -0.25) is 18.7 Å². The lowest BCUT2D eigenvalue weighted by molar-refractivity contribution is -0.135. The van der Waals surface area contributed by atoms with Crippen molar-refractivity contribution in [3.8, 4) is 5.75 Å². The molecule has 0 aliphatic carbocycles. The highest BCUT2D eigenvalue weighted by Gasteiger charge is 2.31. The molecule has 1 aliphatic heterocycles. The molecule has 25 heavy (non-hydrogen) atoms. The number of nitrogens with one attached hydrogen (secondary N) is 1. The lowest BCUT2D eigenvalue weighted by Gasteiger charge is -2.24. The molecule has 1 N–H and O–H groups in total. The Balaban J connectivity index is 1.96. The minimum absolute atomic E-state index is 0.0887. The van der Waals surface area contributed by atoms with Gasteiger partial charge in [0.2, 0.25) is 0 Å². The summed E-state index contributed by atoms with van der Waals surface area (Å²) in [7, 11) is 3.42. The summed E-state index contributed by atoms with van der Waals surface area (Å²) in [4.78, 5) is 39.4. The second kappa shape index (κ2) is 5.20. The Morgan fingerprint density at radius 2 is 1.80 bits per heavy atom. The number of hydrogen-bond acceptors (Lipinski definition) is 4. The number of aryl methyl sites for hydroxylation is 3. The van der Waals surface area contributed by atoms with E-state index in [1.165, 1.54) is 0 Å². The lowest BCUT2D eigenvalue weighted by atomic mass is 9.87. The summed E-state index contributed by atoms with van der Waals surface area (Å²) in [5, 5.41) is 0. The van der Waals surface area contributed by atoms with E-state index in [1.807, 2.05) is 18.2 Å². The van der Waals surface area contributed by atoms with Gasteiger partial charge in [0.15, 0.2) is 0 Å². The molecule has 3 aromatic rings. The first-order valence-electron chi connectivity index (χ1n) is 7.96. The Bertz CT molecular complexity index is 1150. The first kappa shape index (κ1) is 15.4. The molecule has 0 fully saturated rings. The highest BCUT2D eigenvalue weighted by atomic mass is 16.5. The van der Waals surface area contributed by atoms with E-state index in [0.717, 1.165) is 16.6 Å². The van der Waals surface area contributed by atoms with Crippen molar-refractivity contribution in [3.05, 3.63) is 61.9 Å². The number of hydrogen-bond donors (Lipinski definition) is 1. The van der Waals surface area contributed by atoms with Crippen molar-refractivity contribution in [2.24, 2.45) is 14.1 Å². The molecule has 0 spiro atoms. The molecule has 1 aliphatic rings. The van der Waals surface area contributed by atoms with E-state index in [2.05, 4.69) is 4.98 Å². The van der Waals surface area contributed by atoms with Gasteiger partial charge in [-0.25, -0.2) is 4.79 Å². The fraction of sp³-hybridized carbons (Fsp3) is 0.278. The van der Waals surface area contributed by atoms with E-state index in [-0.39, 0.29) is 23.6 Å². The zero-order valence-corrected chi connectivity index (χ0v) is 14.1. The SMILES string of the molecule is Cc1cc2c(c(=O)[nH]1)C(c1ccc3c(c1)n(C)c(=O)n3C)CC(=O)O2. The van der Waals surface area contributed by atoms with Crippen LogP contribution in [0, 0.1) is 6.92 Å². The van der Waals surface area contributed by atoms with Crippen molar-refractivity contribution in [1.82, 2.24) is 14.1 Å². The summed E-state index contributed by atoms with van der Waals surface area (Å²) < 4.78 is 8.39. The van der Waals surface area contributed by atoms with Gasteiger partial charge >= 0.3 is 11.7 Å². The number of H-pyrrole nitrogens is 1. The first-order chi connectivity index (χ1) is 11.9. The predicted molar refractivity (Wildman–Crippen MR) is 92.1 cm³/mol. The topological polar surface area (TPSA) is 86.1 Å². The Morgan fingerprint density at radius 3 is 2.56 bits per heavy atom. The van der Waals surface area contributed by atoms with Gasteiger partial charge in [0.05, 0.1) is 23.0 Å². The fourth-order valence-electron chi connectivity index (χ4n) is 3.54. The molecule has 7 nitrogen and oxygen atoms in total. The average molecular weight is 339 g/mol. The number of aromatic amines is 1. The molecule has 7 heteroatoms. The van der Waals surface area contributed by atoms with Crippen LogP contribution in [0.25, 0.3) is 11.0 Å². The Kier molecular flexibility index (Phi) is 3.21. The normalized spacial score (nSPS) is 16.8. The van der Waals surface area contributed by atoms with E-state index in [9.17, 15) is 14.4 Å². The van der Waals surface area contributed by atoms with Crippen molar-refractivity contribution in [2.45, 2.75) is 19.3 Å². The van der Waals surface area contributed by atoms with Crippen LogP contribution in [0.1, 0.15) is 29.2 Å². The predicted octanol–water partition coefficient (Wildman–Crippen LogP) is 1.31. The zero-order chi connectivity index (χ0) is 17.9. The zero-order valence-electron chi connectivity index (χ0n) is 14.1. The number of pyridine rings is 1. The fourth-order valence-corrected chi connectivity index (χ4v) is 3.54. The number of rotatable bonds is 1. The molecule has 1 atom stereocenters. The molecule has 0 saturated heterocycles. The largest absolute Gasteiger partial charge is 0.426 e. The average Bonchev–Trinajstić information content (AvgIpc) is 2.77. The van der Waals surface area contributed by atoms with E-state index in [1.54, 1.807) is 36.2 Å². The minimum atomic E-state index is -0.402. The molecule has 128 valence electrons. The molecule has 0 bridgehead atoms. The van der Waals surface area contributed by atoms with Crippen LogP contribution >= 0.6 is 0 Å². The second-order valence-corrected chi connectivity index (χ2v) is 6.44. The number of imidazole rings is 1. The summed E-state index contributed by atoms with van der Waals surface area (Å²) in [6.45, 7) is 1.74. The summed E-state index contributed by atoms with van der Waals surface area (Å²) in [6, 6.07) is 7.23. The molecule has 4 rings (SSSR count). The van der Waals surface area contributed by atoms with Crippen molar-refractivity contribution in [2.75, 3.05) is 0 Å². The third-order valence-corrected chi connectivity index (χ3v) is 4.81. The maximum Gasteiger partial charge on any atom is 0.328 e. The Morgan fingerprint density at radius 1 is 1.08 bits per heavy atom. The second-order valence-electron chi connectivity index (χ2n) is 6.44. The summed E-state index contributed by atoms with van der Waals surface area (Å²) in [5.41, 5.74) is 3.07. The number of benzene rings is 1. The van der Waals surface area contributed by atoms with Crippen LogP contribution in [0.4, 0.5) is 0 Å². The lowest BCUT2D eigenvalue weighted by Crippen LogP contribution is -2.28. The minimum Gasteiger partial charge on any atom is -0.426 e. The van der Waals surface area contributed by atoms with E-state index < -0.39 is 5.92 Å². The molecular formula is C18H17N3O4. The van der Waals surface area contributed by atoms with Crippen LogP contribution in [0.5, 0.6) is 5.75 Å². The van der Waals surface area contributed by atoms with Gasteiger partial charge in [-0.2, -0.15) is 0 Å². The summed E-state index contributed by atoms with van der Waals surface area (Å²) in [6.07, 6.45) is 0.0887. The quantitative estimate of drug-likeness (QED) is 0.678. The van der Waals surface area contributed by atoms with E-state index in [4.69, 9.17) is 4.74 Å². The Hall–Kier alpha value is -3.09. The molecule has 3 heterocycles. The van der Waals surface area contributed by atoms with Crippen molar-refractivity contribution < 1.29 is 9.53 Å². The van der Waals surface area contributed by atoms with Crippen LogP contribution in [0.15, 0.2) is 33.9 Å². The summed E-state index contributed by atoms with van der Waals surface area (Å²) in [5.74, 6) is -0.464. The third kappa shape index (κ3) is 2.23. The van der Waals surface area contributed by atoms with Crippen LogP contribution in [-0.4, -0.2) is 20.1 Å². The molecule has 0 amide bonds. The van der Waals surface area contributed by atoms with Gasteiger partial charge < -0.3 is 9.72 Å². The van der Waals surface area contributed by atoms with Crippen LogP contribution in [0.2, 0.25) is 0 Å². The van der Waals surface area contributed by atoms with Crippen LogP contribution < -0.4 is 16.0 Å². The molecule has 2 aromatic heterocycles. The van der Waals surface area contributed by atoms with E-state index in [0.29, 0.717) is 17.0 Å². The number of fused-ring (bicyclic) bond motifs is 2. The molecule has 1 aromatic carbocycles. The monoisotopic (exact) mass is 339 g/mol. The van der Waals surface area contributed by atoms with Gasteiger partial charge in [0.25, 0.3) is 5.56 Å². The van der Waals surface area contributed by atoms with Crippen LogP contribution in [0.3, 0.4) is 0 Å². The standard InChI is InChI=1S/C18H17N3O4/c1-9-6-14-16(17(23)19-9)11(8-15(22)25-14)10-4-5-12-13(7-10)21(3)18(24)20(12)2/h4-7,11H,8H2,1-3H3,(H,19,23). The maximum absolute atomic E-state index is 12.5. The molecule has 0 saturated carbocycles. The van der Waals surface area contributed by atoms with Gasteiger partial charge in [0, 0.05) is 31.8 Å². The number of nitrogens with zero attached hydrogens (tertiary/aromatic N) is 2. The van der Waals surface area contributed by atoms with Gasteiger partial charge in [-0.05, 0) is 24.6 Å². The number of aromatic nitrogens is 3. The van der Waals surface area contributed by atoms with Crippen molar-refractivity contribution >= 4 is 17.0 Å². The first-order valence-corrected chi connectivity index (χ1v) is 7.96. The van der Waals surface area contributed by atoms with Crippen molar-refractivity contribution in [3.63, 3.8) is 0 Å². The number of esters is 1. The number of carbonyl (C=O) groups excluding carboxylic acids is 1. The highest BCUT2D eigenvalue weighted by molar-refractivity contribution is 5.80. The number of carbonyl (C=O) groups is 1. The van der Waals surface area contributed by atoms with E-state index >= 15 is 0 Å². The van der Waals surface area contributed by atoms with Gasteiger partial charge in [0.1, 0.15) is 5.75 Å². The van der Waals surface area contributed by atoms with Gasteiger partial charge in [-0.1, -0.05) is 6.07 Å². The maximum atomic E-state index is 12.5. The molecular weight excluding hydrogens is 322 g/mol. The summed E-state index contributed by atoms with van der Waals surface area (Å²) >= 11 is 0.